The summed E-state index contributed by atoms with van der Waals surface area (Å²) in [6, 6.07) is 15.6. The van der Waals surface area contributed by atoms with Gasteiger partial charge in [-0.1, -0.05) is 52.3 Å². The SMILES string of the molecule is CCCCN(CC(=O)Nc1cc(C(C)(C)C)nn1-c1ccccc1C)C(=O)C=Cc1ccc([N+](=O)[O-])cc1. The highest BCUT2D eigenvalue weighted by Crippen LogP contribution is 2.27. The minimum Gasteiger partial charge on any atom is -0.330 e. The molecule has 0 spiro atoms. The number of carbonyl (C=O) groups excluding carboxylic acids is 2. The van der Waals surface area contributed by atoms with Crippen LogP contribution in [0.2, 0.25) is 0 Å². The van der Waals surface area contributed by atoms with Crippen molar-refractivity contribution in [1.82, 2.24) is 14.7 Å². The third kappa shape index (κ3) is 7.38. The van der Waals surface area contributed by atoms with Crippen LogP contribution in [0.25, 0.3) is 11.8 Å². The molecule has 2 amide bonds. The lowest BCUT2D eigenvalue weighted by atomic mass is 9.92. The van der Waals surface area contributed by atoms with Crippen molar-refractivity contribution in [2.45, 2.75) is 52.9 Å². The smallest absolute Gasteiger partial charge is 0.269 e. The topological polar surface area (TPSA) is 110 Å². The zero-order valence-corrected chi connectivity index (χ0v) is 22.6. The van der Waals surface area contributed by atoms with Gasteiger partial charge in [-0.2, -0.15) is 5.10 Å². The summed E-state index contributed by atoms with van der Waals surface area (Å²) in [4.78, 5) is 38.0. The van der Waals surface area contributed by atoms with Gasteiger partial charge < -0.3 is 10.2 Å². The molecule has 0 fully saturated rings. The van der Waals surface area contributed by atoms with Gasteiger partial charge in [0.15, 0.2) is 0 Å². The predicted molar refractivity (Wildman–Crippen MR) is 149 cm³/mol. The Bertz CT molecular complexity index is 1320. The second-order valence-electron chi connectivity index (χ2n) is 10.2. The number of amides is 2. The minimum atomic E-state index is -0.473. The molecule has 2 aromatic carbocycles. The summed E-state index contributed by atoms with van der Waals surface area (Å²) in [6.07, 6.45) is 4.59. The number of nitro groups is 1. The van der Waals surface area contributed by atoms with Crippen molar-refractivity contribution in [1.29, 1.82) is 0 Å². The van der Waals surface area contributed by atoms with Gasteiger partial charge >= 0.3 is 0 Å². The van der Waals surface area contributed by atoms with Crippen LogP contribution in [0.3, 0.4) is 0 Å². The van der Waals surface area contributed by atoms with E-state index < -0.39 is 4.92 Å². The summed E-state index contributed by atoms with van der Waals surface area (Å²) in [7, 11) is 0. The van der Waals surface area contributed by atoms with Crippen LogP contribution in [0.5, 0.6) is 0 Å². The van der Waals surface area contributed by atoms with Crippen LogP contribution in [0, 0.1) is 17.0 Å². The number of nitrogens with one attached hydrogen (secondary N) is 1. The number of para-hydroxylation sites is 1. The number of non-ortho nitro benzene ring substituents is 1. The van der Waals surface area contributed by atoms with Crippen molar-refractivity contribution in [3.63, 3.8) is 0 Å². The molecule has 3 aromatic rings. The molecule has 0 saturated heterocycles. The second-order valence-corrected chi connectivity index (χ2v) is 10.2. The first kappa shape index (κ1) is 28.3. The lowest BCUT2D eigenvalue weighted by molar-refractivity contribution is -0.384. The third-order valence-corrected chi connectivity index (χ3v) is 6.04. The molecule has 1 aromatic heterocycles. The number of anilines is 1. The van der Waals surface area contributed by atoms with Crippen molar-refractivity contribution < 1.29 is 14.5 Å². The van der Waals surface area contributed by atoms with E-state index in [2.05, 4.69) is 26.1 Å². The maximum atomic E-state index is 13.2. The highest BCUT2D eigenvalue weighted by Gasteiger charge is 2.23. The molecule has 0 aliphatic rings. The van der Waals surface area contributed by atoms with Gasteiger partial charge in [-0.25, -0.2) is 4.68 Å². The Labute approximate surface area is 223 Å². The highest BCUT2D eigenvalue weighted by molar-refractivity contribution is 5.98. The molecule has 1 heterocycles. The molecule has 3 rings (SSSR count). The van der Waals surface area contributed by atoms with Crippen LogP contribution in [-0.2, 0) is 15.0 Å². The molecule has 0 atom stereocenters. The van der Waals surface area contributed by atoms with E-state index in [-0.39, 0.29) is 29.5 Å². The lowest BCUT2D eigenvalue weighted by Crippen LogP contribution is -2.38. The minimum absolute atomic E-state index is 0.0192. The Morgan fingerprint density at radius 1 is 1.13 bits per heavy atom. The number of rotatable bonds is 10. The second kappa shape index (κ2) is 12.3. The van der Waals surface area contributed by atoms with Gasteiger partial charge in [-0.15, -0.1) is 0 Å². The molecule has 1 N–H and O–H groups in total. The van der Waals surface area contributed by atoms with E-state index >= 15 is 0 Å². The van der Waals surface area contributed by atoms with Crippen LogP contribution in [-0.4, -0.2) is 44.5 Å². The Morgan fingerprint density at radius 3 is 2.42 bits per heavy atom. The van der Waals surface area contributed by atoms with E-state index in [1.807, 2.05) is 44.2 Å². The zero-order chi connectivity index (χ0) is 27.9. The number of nitrogens with zero attached hydrogens (tertiary/aromatic N) is 4. The van der Waals surface area contributed by atoms with Crippen LogP contribution in [0.15, 0.2) is 60.7 Å². The molecule has 0 aliphatic carbocycles. The van der Waals surface area contributed by atoms with E-state index in [1.165, 1.54) is 23.1 Å². The molecule has 0 bridgehead atoms. The molecule has 38 heavy (non-hydrogen) atoms. The molecular formula is C29H35N5O4. The zero-order valence-electron chi connectivity index (χ0n) is 22.6. The predicted octanol–water partition coefficient (Wildman–Crippen LogP) is 5.67. The Kier molecular flexibility index (Phi) is 9.17. The lowest BCUT2D eigenvalue weighted by Gasteiger charge is -2.21. The van der Waals surface area contributed by atoms with Crippen molar-refractivity contribution >= 4 is 29.4 Å². The van der Waals surface area contributed by atoms with Crippen LogP contribution < -0.4 is 5.32 Å². The summed E-state index contributed by atoms with van der Waals surface area (Å²) in [6.45, 7) is 10.5. The monoisotopic (exact) mass is 517 g/mol. The molecule has 0 aliphatic heterocycles. The average molecular weight is 518 g/mol. The van der Waals surface area contributed by atoms with Gasteiger partial charge in [0.05, 0.1) is 16.3 Å². The van der Waals surface area contributed by atoms with Crippen molar-refractivity contribution in [2.24, 2.45) is 0 Å². The molecule has 9 nitrogen and oxygen atoms in total. The Morgan fingerprint density at radius 2 is 1.82 bits per heavy atom. The van der Waals surface area contributed by atoms with Gasteiger partial charge in [-0.05, 0) is 48.7 Å². The Balaban J connectivity index is 1.79. The van der Waals surface area contributed by atoms with Gasteiger partial charge in [0.2, 0.25) is 11.8 Å². The quantitative estimate of drug-likeness (QED) is 0.212. The summed E-state index contributed by atoms with van der Waals surface area (Å²) >= 11 is 0. The molecule has 0 radical (unpaired) electrons. The summed E-state index contributed by atoms with van der Waals surface area (Å²) in [5.41, 5.74) is 3.13. The summed E-state index contributed by atoms with van der Waals surface area (Å²) in [5.74, 6) is -0.0957. The molecule has 200 valence electrons. The average Bonchev–Trinajstić information content (AvgIpc) is 3.29. The highest BCUT2D eigenvalue weighted by atomic mass is 16.6. The number of carbonyl (C=O) groups is 2. The summed E-state index contributed by atoms with van der Waals surface area (Å²) < 4.78 is 1.74. The third-order valence-electron chi connectivity index (χ3n) is 6.04. The molecule has 9 heteroatoms. The van der Waals surface area contributed by atoms with E-state index in [9.17, 15) is 19.7 Å². The molecule has 0 unspecified atom stereocenters. The van der Waals surface area contributed by atoms with Crippen LogP contribution >= 0.6 is 0 Å². The number of hydrogen-bond donors (Lipinski definition) is 1. The standard InChI is InChI=1S/C29H35N5O4/c1-6-7-18-32(28(36)17-14-22-12-15-23(16-13-22)34(37)38)20-27(35)30-26-19-25(29(3,4)5)31-33(26)24-11-9-8-10-21(24)2/h8-17,19H,6-7,18,20H2,1-5H3,(H,30,35). The van der Waals surface area contributed by atoms with Gasteiger partial charge in [-0.3, -0.25) is 19.7 Å². The fraction of sp³-hybridized carbons (Fsp3) is 0.345. The number of hydrogen-bond acceptors (Lipinski definition) is 5. The van der Waals surface area contributed by atoms with E-state index in [0.29, 0.717) is 17.9 Å². The van der Waals surface area contributed by atoms with Gasteiger partial charge in [0.1, 0.15) is 12.4 Å². The number of aryl methyl sites for hydroxylation is 1. The number of unbranched alkanes of at least 4 members (excludes halogenated alkanes) is 1. The van der Waals surface area contributed by atoms with Crippen molar-refractivity contribution in [3.05, 3.63) is 87.6 Å². The fourth-order valence-electron chi connectivity index (χ4n) is 3.77. The van der Waals surface area contributed by atoms with Gasteiger partial charge in [0, 0.05) is 36.2 Å². The van der Waals surface area contributed by atoms with Crippen LogP contribution in [0.1, 0.15) is 57.4 Å². The van der Waals surface area contributed by atoms with E-state index in [4.69, 9.17) is 5.10 Å². The Hall–Kier alpha value is -4.27. The maximum Gasteiger partial charge on any atom is 0.269 e. The first-order valence-electron chi connectivity index (χ1n) is 12.7. The van der Waals surface area contributed by atoms with Crippen LogP contribution in [0.4, 0.5) is 11.5 Å². The molecule has 0 saturated carbocycles. The fourth-order valence-corrected chi connectivity index (χ4v) is 3.77. The largest absolute Gasteiger partial charge is 0.330 e. The first-order chi connectivity index (χ1) is 18.0. The number of nitro benzene ring substituents is 1. The normalized spacial score (nSPS) is 11.5. The van der Waals surface area contributed by atoms with Crippen molar-refractivity contribution in [2.75, 3.05) is 18.4 Å². The number of benzene rings is 2. The first-order valence-corrected chi connectivity index (χ1v) is 12.7. The van der Waals surface area contributed by atoms with E-state index in [1.54, 1.807) is 22.9 Å². The van der Waals surface area contributed by atoms with Crippen molar-refractivity contribution in [3.8, 4) is 5.69 Å². The summed E-state index contributed by atoms with van der Waals surface area (Å²) in [5, 5.41) is 18.6. The number of aromatic nitrogens is 2. The maximum absolute atomic E-state index is 13.2. The molecular weight excluding hydrogens is 482 g/mol. The van der Waals surface area contributed by atoms with Gasteiger partial charge in [0.25, 0.3) is 5.69 Å². The van der Waals surface area contributed by atoms with E-state index in [0.717, 1.165) is 29.8 Å².